The Kier molecular flexibility index (Phi) is 6.70. The van der Waals surface area contributed by atoms with E-state index in [1.807, 2.05) is 20.8 Å². The third-order valence-corrected chi connectivity index (χ3v) is 7.48. The van der Waals surface area contributed by atoms with E-state index in [0.717, 1.165) is 17.9 Å². The summed E-state index contributed by atoms with van der Waals surface area (Å²) in [4.78, 5) is 17.0. The molecule has 0 bridgehead atoms. The first-order chi connectivity index (χ1) is 15.2. The van der Waals surface area contributed by atoms with Crippen molar-refractivity contribution < 1.29 is 21.6 Å². The summed E-state index contributed by atoms with van der Waals surface area (Å²) in [5.41, 5.74) is 0.858. The fourth-order valence-electron chi connectivity index (χ4n) is 3.04. The van der Waals surface area contributed by atoms with E-state index in [0.29, 0.717) is 0 Å². The lowest BCUT2D eigenvalue weighted by Crippen LogP contribution is -2.17. The van der Waals surface area contributed by atoms with Crippen molar-refractivity contribution in [1.29, 1.82) is 0 Å². The number of carbonyl (C=O) groups excluding carboxylic acids is 1. The summed E-state index contributed by atoms with van der Waals surface area (Å²) in [6, 6.07) is 13.1. The number of halogens is 1. The number of ketones is 1. The summed E-state index contributed by atoms with van der Waals surface area (Å²) in [5.74, 6) is -0.606. The molecule has 0 unspecified atom stereocenters. The van der Waals surface area contributed by atoms with Crippen molar-refractivity contribution in [2.75, 3.05) is 11.0 Å². The molecule has 1 aromatic heterocycles. The smallest absolute Gasteiger partial charge is 0.261 e. The Morgan fingerprint density at radius 1 is 0.939 bits per heavy atom. The first-order valence-corrected chi connectivity index (χ1v) is 13.6. The van der Waals surface area contributed by atoms with Gasteiger partial charge in [0.1, 0.15) is 0 Å². The lowest BCUT2D eigenvalue weighted by Gasteiger charge is -2.19. The highest BCUT2D eigenvalue weighted by atomic mass is 35.5. The van der Waals surface area contributed by atoms with E-state index in [2.05, 4.69) is 9.71 Å². The minimum atomic E-state index is -4.01. The van der Waals surface area contributed by atoms with Crippen molar-refractivity contribution in [2.45, 2.75) is 36.1 Å². The van der Waals surface area contributed by atoms with Crippen LogP contribution in [0.5, 0.6) is 0 Å². The third-order valence-electron chi connectivity index (χ3n) is 4.88. The lowest BCUT2D eigenvalue weighted by molar-refractivity contribution is 0.103. The minimum absolute atomic E-state index is 0.0158. The maximum atomic E-state index is 13.2. The first-order valence-electron chi connectivity index (χ1n) is 9.82. The van der Waals surface area contributed by atoms with Crippen molar-refractivity contribution in [3.63, 3.8) is 0 Å². The molecule has 0 aliphatic rings. The van der Waals surface area contributed by atoms with Gasteiger partial charge in [-0.15, -0.1) is 0 Å². The zero-order chi connectivity index (χ0) is 24.6. The van der Waals surface area contributed by atoms with Gasteiger partial charge in [0, 0.05) is 28.6 Å². The lowest BCUT2D eigenvalue weighted by atomic mass is 9.87. The van der Waals surface area contributed by atoms with E-state index in [1.165, 1.54) is 42.6 Å². The molecule has 1 heterocycles. The monoisotopic (exact) mass is 506 g/mol. The Labute approximate surface area is 198 Å². The number of anilines is 1. The fourth-order valence-corrected chi connectivity index (χ4v) is 4.89. The molecule has 33 heavy (non-hydrogen) atoms. The van der Waals surface area contributed by atoms with Gasteiger partial charge in [0.15, 0.2) is 20.6 Å². The Morgan fingerprint density at radius 3 is 2.15 bits per heavy atom. The van der Waals surface area contributed by atoms with Crippen molar-refractivity contribution in [2.24, 2.45) is 0 Å². The molecule has 10 heteroatoms. The normalized spacial score (nSPS) is 12.4. The maximum Gasteiger partial charge on any atom is 0.261 e. The molecule has 0 fully saturated rings. The van der Waals surface area contributed by atoms with Crippen LogP contribution in [0.3, 0.4) is 0 Å². The highest BCUT2D eigenvalue weighted by Gasteiger charge is 2.22. The number of nitrogens with one attached hydrogen (secondary N) is 1. The molecule has 3 rings (SSSR count). The van der Waals surface area contributed by atoms with Crippen molar-refractivity contribution in [3.05, 3.63) is 82.5 Å². The van der Waals surface area contributed by atoms with Crippen LogP contribution >= 0.6 is 11.6 Å². The summed E-state index contributed by atoms with van der Waals surface area (Å²) in [7, 11) is -7.65. The predicted octanol–water partition coefficient (Wildman–Crippen LogP) is 4.47. The largest absolute Gasteiger partial charge is 0.289 e. The predicted molar refractivity (Wildman–Crippen MR) is 128 cm³/mol. The quantitative estimate of drug-likeness (QED) is 0.494. The fraction of sp³-hybridized carbons (Fsp3) is 0.217. The van der Waals surface area contributed by atoms with Crippen LogP contribution in [0.4, 0.5) is 5.69 Å². The first kappa shape index (κ1) is 24.9. The molecule has 0 aliphatic carbocycles. The topological polar surface area (TPSA) is 110 Å². The third kappa shape index (κ3) is 5.79. The van der Waals surface area contributed by atoms with Gasteiger partial charge in [0.2, 0.25) is 0 Å². The molecule has 3 aromatic rings. The molecule has 0 atom stereocenters. The maximum absolute atomic E-state index is 13.2. The average molecular weight is 507 g/mol. The molecular formula is C23H23ClN2O5S2. The van der Waals surface area contributed by atoms with Gasteiger partial charge in [0.05, 0.1) is 10.6 Å². The van der Waals surface area contributed by atoms with E-state index < -0.39 is 25.6 Å². The standard InChI is InChI=1S/C23H23ClN2O5S2/c1-23(2,3)16-5-8-18(9-6-16)33(30,31)26-20-10-7-17(24)14-19(20)22(27)15-11-12-25-21(13-15)32(4,28)29/h5-14,26H,1-4H3. The van der Waals surface area contributed by atoms with Crippen molar-refractivity contribution >= 4 is 42.9 Å². The van der Waals surface area contributed by atoms with Gasteiger partial charge in [0.25, 0.3) is 10.0 Å². The van der Waals surface area contributed by atoms with Crippen LogP contribution in [-0.4, -0.2) is 33.9 Å². The molecule has 0 spiro atoms. The Balaban J connectivity index is 2.00. The van der Waals surface area contributed by atoms with Gasteiger partial charge in [-0.25, -0.2) is 21.8 Å². The number of benzene rings is 2. The van der Waals surface area contributed by atoms with Crippen LogP contribution in [0, 0.1) is 0 Å². The number of carbonyl (C=O) groups is 1. The second kappa shape index (κ2) is 8.89. The molecule has 0 radical (unpaired) electrons. The molecule has 0 saturated heterocycles. The summed E-state index contributed by atoms with van der Waals surface area (Å²) < 4.78 is 52.1. The zero-order valence-electron chi connectivity index (χ0n) is 18.5. The Morgan fingerprint density at radius 2 is 1.58 bits per heavy atom. The number of aromatic nitrogens is 1. The van der Waals surface area contributed by atoms with E-state index >= 15 is 0 Å². The molecule has 1 N–H and O–H groups in total. The van der Waals surface area contributed by atoms with Crippen LogP contribution in [0.15, 0.2) is 70.7 Å². The van der Waals surface area contributed by atoms with Crippen LogP contribution in [-0.2, 0) is 25.3 Å². The number of pyridine rings is 1. The molecular weight excluding hydrogens is 484 g/mol. The SMILES string of the molecule is CC(C)(C)c1ccc(S(=O)(=O)Nc2ccc(Cl)cc2C(=O)c2ccnc(S(C)(=O)=O)c2)cc1. The summed E-state index contributed by atoms with van der Waals surface area (Å²) in [6.07, 6.45) is 2.18. The number of nitrogens with zero attached hydrogens (tertiary/aromatic N) is 1. The van der Waals surface area contributed by atoms with E-state index in [-0.39, 0.29) is 37.2 Å². The highest BCUT2D eigenvalue weighted by Crippen LogP contribution is 2.28. The van der Waals surface area contributed by atoms with Gasteiger partial charge in [-0.1, -0.05) is 44.5 Å². The number of rotatable bonds is 6. The Hall–Kier alpha value is -2.75. The van der Waals surface area contributed by atoms with Crippen LogP contribution < -0.4 is 4.72 Å². The minimum Gasteiger partial charge on any atom is -0.289 e. The second-order valence-electron chi connectivity index (χ2n) is 8.55. The van der Waals surface area contributed by atoms with Gasteiger partial charge in [-0.3, -0.25) is 9.52 Å². The van der Waals surface area contributed by atoms with Crippen molar-refractivity contribution in [3.8, 4) is 0 Å². The van der Waals surface area contributed by atoms with Crippen LogP contribution in [0.25, 0.3) is 0 Å². The van der Waals surface area contributed by atoms with Crippen LogP contribution in [0.2, 0.25) is 5.02 Å². The molecule has 0 aliphatic heterocycles. The number of hydrogen-bond donors (Lipinski definition) is 1. The highest BCUT2D eigenvalue weighted by molar-refractivity contribution is 7.92. The van der Waals surface area contributed by atoms with Crippen molar-refractivity contribution in [1.82, 2.24) is 4.98 Å². The number of sulfone groups is 1. The van der Waals surface area contributed by atoms with Crippen LogP contribution in [0.1, 0.15) is 42.3 Å². The van der Waals surface area contributed by atoms with Gasteiger partial charge >= 0.3 is 0 Å². The molecule has 0 amide bonds. The van der Waals surface area contributed by atoms with E-state index in [4.69, 9.17) is 11.6 Å². The number of hydrogen-bond acceptors (Lipinski definition) is 6. The molecule has 0 saturated carbocycles. The summed E-state index contributed by atoms with van der Waals surface area (Å²) in [5, 5.41) is -0.0512. The molecule has 174 valence electrons. The van der Waals surface area contributed by atoms with Gasteiger partial charge in [-0.2, -0.15) is 0 Å². The van der Waals surface area contributed by atoms with Gasteiger partial charge in [-0.05, 0) is 53.4 Å². The second-order valence-corrected chi connectivity index (χ2v) is 12.6. The summed E-state index contributed by atoms with van der Waals surface area (Å²) >= 11 is 6.06. The summed E-state index contributed by atoms with van der Waals surface area (Å²) in [6.45, 7) is 6.07. The molecule has 7 nitrogen and oxygen atoms in total. The van der Waals surface area contributed by atoms with Gasteiger partial charge < -0.3 is 0 Å². The Bertz CT molecular complexity index is 1430. The van der Waals surface area contributed by atoms with E-state index in [1.54, 1.807) is 12.1 Å². The zero-order valence-corrected chi connectivity index (χ0v) is 20.8. The molecule has 2 aromatic carbocycles. The average Bonchev–Trinajstić information content (AvgIpc) is 2.73. The van der Waals surface area contributed by atoms with E-state index in [9.17, 15) is 21.6 Å². The number of sulfonamides is 1.